The molecule has 0 aliphatic rings. The Morgan fingerprint density at radius 3 is 2.68 bits per heavy atom. The van der Waals surface area contributed by atoms with E-state index < -0.39 is 0 Å². The van der Waals surface area contributed by atoms with E-state index in [1.807, 2.05) is 32.0 Å². The number of amides is 1. The Morgan fingerprint density at radius 2 is 2.11 bits per heavy atom. The third-order valence-electron chi connectivity index (χ3n) is 2.43. The average molecular weight is 278 g/mol. The van der Waals surface area contributed by atoms with Crippen LogP contribution < -0.4 is 16.5 Å². The van der Waals surface area contributed by atoms with Crippen molar-refractivity contribution in [2.45, 2.75) is 27.2 Å². The summed E-state index contributed by atoms with van der Waals surface area (Å²) in [5.41, 5.74) is 11.3. The van der Waals surface area contributed by atoms with E-state index in [0.717, 1.165) is 16.8 Å². The number of anilines is 1. The van der Waals surface area contributed by atoms with Crippen molar-refractivity contribution in [3.8, 4) is 0 Å². The van der Waals surface area contributed by atoms with Gasteiger partial charge in [-0.05, 0) is 44.6 Å². The molecule has 1 rings (SSSR count). The molecule has 4 N–H and O–H groups in total. The van der Waals surface area contributed by atoms with Gasteiger partial charge >= 0.3 is 0 Å². The van der Waals surface area contributed by atoms with Crippen LogP contribution in [0.15, 0.2) is 23.3 Å². The first kappa shape index (κ1) is 15.1. The first-order valence-electron chi connectivity index (χ1n) is 5.84. The van der Waals surface area contributed by atoms with Gasteiger partial charge in [0.25, 0.3) is 0 Å². The molecule has 0 heterocycles. The van der Waals surface area contributed by atoms with Gasteiger partial charge in [0.2, 0.25) is 5.91 Å². The number of nitrogens with zero attached hydrogens (tertiary/aromatic N) is 1. The normalized spacial score (nSPS) is 11.0. The lowest BCUT2D eigenvalue weighted by atomic mass is 10.1. The Hall–Kier alpha value is -1.95. The number of aryl methyl sites for hydroxylation is 2. The molecule has 1 aromatic rings. The monoisotopic (exact) mass is 278 g/mol. The lowest BCUT2D eigenvalue weighted by Crippen LogP contribution is -2.26. The van der Waals surface area contributed by atoms with Crippen LogP contribution in [0.5, 0.6) is 0 Å². The van der Waals surface area contributed by atoms with Crippen LogP contribution in [0.25, 0.3) is 0 Å². The SMILES string of the molecule is C/C(CC(=O)Nc1ccc(C)cc1C)=N\NC(N)=S. The molecule has 0 atom stereocenters. The van der Waals surface area contributed by atoms with E-state index in [-0.39, 0.29) is 17.4 Å². The standard InChI is InChI=1S/C13H18N4OS/c1-8-4-5-11(9(2)6-8)15-12(18)7-10(3)16-17-13(14)19/h4-6H,7H2,1-3H3,(H,15,18)(H3,14,17,19)/b16-10+. The molecule has 1 aromatic carbocycles. The second-order valence-corrected chi connectivity index (χ2v) is 4.81. The number of hydrogen-bond acceptors (Lipinski definition) is 3. The first-order valence-corrected chi connectivity index (χ1v) is 6.25. The number of thiocarbonyl (C=S) groups is 1. The van der Waals surface area contributed by atoms with E-state index in [1.165, 1.54) is 0 Å². The molecule has 1 amide bonds. The van der Waals surface area contributed by atoms with Crippen LogP contribution in [0.3, 0.4) is 0 Å². The molecule has 19 heavy (non-hydrogen) atoms. The number of carbonyl (C=O) groups excluding carboxylic acids is 1. The highest BCUT2D eigenvalue weighted by Gasteiger charge is 2.06. The van der Waals surface area contributed by atoms with Crippen molar-refractivity contribution in [3.05, 3.63) is 29.3 Å². The van der Waals surface area contributed by atoms with Crippen LogP contribution in [-0.4, -0.2) is 16.7 Å². The van der Waals surface area contributed by atoms with Crippen molar-refractivity contribution in [1.82, 2.24) is 5.43 Å². The Morgan fingerprint density at radius 1 is 1.42 bits per heavy atom. The number of hydrogen-bond donors (Lipinski definition) is 3. The van der Waals surface area contributed by atoms with Gasteiger partial charge in [0, 0.05) is 11.4 Å². The summed E-state index contributed by atoms with van der Waals surface area (Å²) in [7, 11) is 0. The quantitative estimate of drug-likeness (QED) is 0.446. The van der Waals surface area contributed by atoms with Gasteiger partial charge in [0.05, 0.1) is 6.42 Å². The zero-order chi connectivity index (χ0) is 14.4. The van der Waals surface area contributed by atoms with Crippen molar-refractivity contribution in [2.75, 3.05) is 5.32 Å². The summed E-state index contributed by atoms with van der Waals surface area (Å²) < 4.78 is 0. The number of nitrogens with one attached hydrogen (secondary N) is 2. The van der Waals surface area contributed by atoms with Crippen molar-refractivity contribution in [2.24, 2.45) is 10.8 Å². The second-order valence-electron chi connectivity index (χ2n) is 4.37. The summed E-state index contributed by atoms with van der Waals surface area (Å²) >= 11 is 4.62. The van der Waals surface area contributed by atoms with E-state index in [1.54, 1.807) is 6.92 Å². The van der Waals surface area contributed by atoms with Gasteiger partial charge < -0.3 is 11.1 Å². The summed E-state index contributed by atoms with van der Waals surface area (Å²) in [6.07, 6.45) is 0.183. The molecule has 0 unspecified atom stereocenters. The minimum absolute atomic E-state index is 0.0779. The largest absolute Gasteiger partial charge is 0.375 e. The Bertz CT molecular complexity index is 525. The van der Waals surface area contributed by atoms with Crippen molar-refractivity contribution in [1.29, 1.82) is 0 Å². The highest BCUT2D eigenvalue weighted by atomic mass is 32.1. The minimum atomic E-state index is -0.127. The zero-order valence-electron chi connectivity index (χ0n) is 11.3. The lowest BCUT2D eigenvalue weighted by molar-refractivity contribution is -0.115. The number of hydrazone groups is 1. The van der Waals surface area contributed by atoms with Crippen LogP contribution in [0, 0.1) is 13.8 Å². The molecular formula is C13H18N4OS. The molecule has 5 nitrogen and oxygen atoms in total. The van der Waals surface area contributed by atoms with Gasteiger partial charge in [-0.15, -0.1) is 0 Å². The molecule has 0 saturated carbocycles. The fourth-order valence-electron chi connectivity index (χ4n) is 1.57. The molecule has 102 valence electrons. The van der Waals surface area contributed by atoms with E-state index in [2.05, 4.69) is 28.1 Å². The van der Waals surface area contributed by atoms with Crippen LogP contribution in [-0.2, 0) is 4.79 Å². The molecule has 0 radical (unpaired) electrons. The number of benzene rings is 1. The lowest BCUT2D eigenvalue weighted by Gasteiger charge is -2.09. The van der Waals surface area contributed by atoms with Gasteiger partial charge in [-0.3, -0.25) is 10.2 Å². The number of nitrogens with two attached hydrogens (primary N) is 1. The van der Waals surface area contributed by atoms with Crippen LogP contribution in [0.4, 0.5) is 5.69 Å². The Labute approximate surface area is 118 Å². The van der Waals surface area contributed by atoms with Crippen LogP contribution >= 0.6 is 12.2 Å². The highest BCUT2D eigenvalue weighted by Crippen LogP contribution is 2.16. The van der Waals surface area contributed by atoms with Crippen molar-refractivity contribution < 1.29 is 4.79 Å². The molecule has 6 heteroatoms. The predicted octanol–water partition coefficient (Wildman–Crippen LogP) is 1.84. The van der Waals surface area contributed by atoms with Crippen molar-refractivity contribution in [3.63, 3.8) is 0 Å². The highest BCUT2D eigenvalue weighted by molar-refractivity contribution is 7.80. The smallest absolute Gasteiger partial charge is 0.230 e. The summed E-state index contributed by atoms with van der Waals surface area (Å²) in [6.45, 7) is 5.70. The Balaban J connectivity index is 2.60. The van der Waals surface area contributed by atoms with Crippen LogP contribution in [0.2, 0.25) is 0 Å². The fraction of sp³-hybridized carbons (Fsp3) is 0.308. The minimum Gasteiger partial charge on any atom is -0.375 e. The third-order valence-corrected chi connectivity index (χ3v) is 2.52. The topological polar surface area (TPSA) is 79.5 Å². The van der Waals surface area contributed by atoms with E-state index in [4.69, 9.17) is 5.73 Å². The zero-order valence-corrected chi connectivity index (χ0v) is 12.1. The molecular weight excluding hydrogens is 260 g/mol. The summed E-state index contributed by atoms with van der Waals surface area (Å²) in [5.74, 6) is -0.127. The van der Waals surface area contributed by atoms with E-state index >= 15 is 0 Å². The Kier molecular flexibility index (Phi) is 5.44. The maximum Gasteiger partial charge on any atom is 0.230 e. The summed E-state index contributed by atoms with van der Waals surface area (Å²) in [5, 5.41) is 6.80. The van der Waals surface area contributed by atoms with E-state index in [0.29, 0.717) is 5.71 Å². The van der Waals surface area contributed by atoms with Crippen molar-refractivity contribution >= 4 is 34.6 Å². The molecule has 0 spiro atoms. The van der Waals surface area contributed by atoms with Gasteiger partial charge in [-0.25, -0.2) is 0 Å². The average Bonchev–Trinajstić information content (AvgIpc) is 2.30. The molecule has 0 aliphatic heterocycles. The van der Waals surface area contributed by atoms with Gasteiger partial charge in [-0.2, -0.15) is 5.10 Å². The summed E-state index contributed by atoms with van der Waals surface area (Å²) in [4.78, 5) is 11.8. The molecule has 0 aromatic heterocycles. The maximum absolute atomic E-state index is 11.8. The molecule has 0 fully saturated rings. The summed E-state index contributed by atoms with van der Waals surface area (Å²) in [6, 6.07) is 5.87. The first-order chi connectivity index (χ1) is 8.88. The molecule has 0 bridgehead atoms. The predicted molar refractivity (Wildman–Crippen MR) is 82.2 cm³/mol. The number of carbonyl (C=O) groups is 1. The number of rotatable bonds is 4. The van der Waals surface area contributed by atoms with Crippen LogP contribution in [0.1, 0.15) is 24.5 Å². The van der Waals surface area contributed by atoms with Gasteiger partial charge in [0.1, 0.15) is 0 Å². The molecule has 0 saturated heterocycles. The van der Waals surface area contributed by atoms with Gasteiger partial charge in [-0.1, -0.05) is 17.7 Å². The van der Waals surface area contributed by atoms with Gasteiger partial charge in [0.15, 0.2) is 5.11 Å². The third kappa shape index (κ3) is 5.48. The maximum atomic E-state index is 11.8. The van der Waals surface area contributed by atoms with E-state index in [9.17, 15) is 4.79 Å². The second kappa shape index (κ2) is 6.84. The fourth-order valence-corrected chi connectivity index (χ4v) is 1.62. The molecule has 0 aliphatic carbocycles.